The number of thioether (sulfide) groups is 18. The highest BCUT2D eigenvalue weighted by Gasteiger charge is 2.38. The molecule has 8 rings (SSSR count). The molecule has 7 aliphatic heterocycles. The van der Waals surface area contributed by atoms with Crippen molar-refractivity contribution in [2.75, 3.05) is 37.2 Å². The van der Waals surface area contributed by atoms with Gasteiger partial charge in [0.25, 0.3) is 0 Å². The fraction of sp³-hybridized carbons (Fsp3) is 0.500. The number of carbonyl (C=O) groups excluding carboxylic acids is 2. The summed E-state index contributed by atoms with van der Waals surface area (Å²) in [6, 6.07) is 4.41. The first-order valence-electron chi connectivity index (χ1n) is 25.4. The molecule has 0 amide bonds. The molecular weight excluding hydrogens is 1300 g/mol. The van der Waals surface area contributed by atoms with Crippen LogP contribution in [0.25, 0.3) is 11.6 Å². The maximum absolute atomic E-state index is 13.1. The van der Waals surface area contributed by atoms with Crippen molar-refractivity contribution in [1.82, 2.24) is 0 Å². The van der Waals surface area contributed by atoms with Crippen molar-refractivity contribution in [2.45, 2.75) is 130 Å². The van der Waals surface area contributed by atoms with Gasteiger partial charge in [0, 0.05) is 15.3 Å². The van der Waals surface area contributed by atoms with Gasteiger partial charge in [-0.1, -0.05) is 269 Å². The first-order chi connectivity index (χ1) is 36.7. The van der Waals surface area contributed by atoms with Gasteiger partial charge in [0.15, 0.2) is 0 Å². The fourth-order valence-electron chi connectivity index (χ4n) is 7.23. The zero-order valence-corrected chi connectivity index (χ0v) is 58.4. The van der Waals surface area contributed by atoms with Gasteiger partial charge < -0.3 is 9.47 Å². The number of methoxy groups -OCH3 is 2. The lowest BCUT2D eigenvalue weighted by atomic mass is 10.2. The Kier molecular flexibility index (Phi) is 28.5. The highest BCUT2D eigenvalue weighted by atomic mass is 32.3. The molecule has 0 bridgehead atoms. The Morgan fingerprint density at radius 3 is 1.13 bits per heavy atom. The summed E-state index contributed by atoms with van der Waals surface area (Å²) in [6.07, 6.45) is 25.5. The number of esters is 2. The summed E-state index contributed by atoms with van der Waals surface area (Å²) in [7, 11) is 2.72. The zero-order chi connectivity index (χ0) is 52.5. The second kappa shape index (κ2) is 33.7. The smallest absolute Gasteiger partial charge is 0.346 e. The molecule has 0 radical (unpaired) electrons. The summed E-state index contributed by atoms with van der Waals surface area (Å²) >= 11 is 36.0. The van der Waals surface area contributed by atoms with E-state index in [1.807, 2.05) is 141 Å². The molecule has 23 heteroatoms. The fourth-order valence-corrected chi connectivity index (χ4v) is 36.1. The molecule has 0 aliphatic carbocycles. The third-order valence-corrected chi connectivity index (χ3v) is 38.2. The molecular formula is C52H62O4S19. The highest BCUT2D eigenvalue weighted by Crippen LogP contribution is 2.73. The van der Waals surface area contributed by atoms with Gasteiger partial charge in [0.1, 0.15) is 9.81 Å². The van der Waals surface area contributed by atoms with Gasteiger partial charge >= 0.3 is 11.9 Å². The Hall–Kier alpha value is 2.34. The van der Waals surface area contributed by atoms with E-state index in [1.54, 1.807) is 11.3 Å². The average Bonchev–Trinajstić information content (AvgIpc) is 4.29. The predicted octanol–water partition coefficient (Wildman–Crippen LogP) is 24.5. The normalized spacial score (nSPS) is 18.7. The first-order valence-corrected chi connectivity index (χ1v) is 41.6. The highest BCUT2D eigenvalue weighted by molar-refractivity contribution is 8.51. The number of rotatable bonds is 29. The van der Waals surface area contributed by atoms with Crippen LogP contribution in [0.2, 0.25) is 0 Å². The third-order valence-electron chi connectivity index (χ3n) is 11.2. The van der Waals surface area contributed by atoms with Crippen LogP contribution in [0.15, 0.2) is 91.6 Å². The van der Waals surface area contributed by atoms with Gasteiger partial charge in [-0.05, 0) is 73.0 Å². The van der Waals surface area contributed by atoms with Crippen LogP contribution in [0, 0.1) is 0 Å². The van der Waals surface area contributed by atoms with Crippen molar-refractivity contribution >= 4 is 247 Å². The van der Waals surface area contributed by atoms with Gasteiger partial charge in [0.2, 0.25) is 0 Å². The van der Waals surface area contributed by atoms with E-state index in [0.717, 1.165) is 14.7 Å². The topological polar surface area (TPSA) is 52.6 Å². The summed E-state index contributed by atoms with van der Waals surface area (Å²) in [5.74, 6) is 3.76. The Bertz CT molecular complexity index is 2460. The molecule has 7 aliphatic rings. The van der Waals surface area contributed by atoms with Gasteiger partial charge in [-0.2, -0.15) is 0 Å². The maximum Gasteiger partial charge on any atom is 0.346 e. The minimum Gasteiger partial charge on any atom is -0.465 e. The lowest BCUT2D eigenvalue weighted by Gasteiger charge is -2.09. The van der Waals surface area contributed by atoms with Crippen molar-refractivity contribution in [3.05, 3.63) is 101 Å². The summed E-state index contributed by atoms with van der Waals surface area (Å²) in [5, 5.41) is 0. The molecule has 0 fully saturated rings. The van der Waals surface area contributed by atoms with E-state index in [-0.39, 0.29) is 9.81 Å². The zero-order valence-electron chi connectivity index (χ0n) is 42.8. The summed E-state index contributed by atoms with van der Waals surface area (Å²) in [6.45, 7) is 9.16. The SMILES string of the molecule is CCCCCCSC1=C(SCCCCCC)SC(=C2SC3=C(SC(=CC(=C4SC(C(=O)OC)=C(C(=O)OC)S4)c4ccc(C=C5SC6=C(S5)SC(=C5SC(SCCCCCC)=C(SCCCCCC)S5)S6)s4)S3)S2)S1. The monoisotopic (exact) mass is 1360 g/mol. The van der Waals surface area contributed by atoms with Crippen LogP contribution in [0.5, 0.6) is 0 Å². The van der Waals surface area contributed by atoms with Crippen LogP contribution in [-0.2, 0) is 19.1 Å². The number of carbonyl (C=O) groups is 2. The number of allylic oxidation sites excluding steroid dienone is 2. The Balaban J connectivity index is 0.941. The number of ether oxygens (including phenoxy) is 2. The van der Waals surface area contributed by atoms with Crippen molar-refractivity contribution in [3.63, 3.8) is 0 Å². The van der Waals surface area contributed by atoms with Crippen LogP contribution in [0.4, 0.5) is 0 Å². The predicted molar refractivity (Wildman–Crippen MR) is 373 cm³/mol. The molecule has 0 saturated carbocycles. The number of hydrogen-bond donors (Lipinski definition) is 0. The second-order valence-electron chi connectivity index (χ2n) is 17.0. The van der Waals surface area contributed by atoms with Crippen LogP contribution in [0.3, 0.4) is 0 Å². The van der Waals surface area contributed by atoms with E-state index in [9.17, 15) is 9.59 Å². The standard InChI is InChI=1S/C52H62O4S19/c1-7-11-15-19-25-57-41-42(58-26-20-16-12-8-2)69-49(68-41)51-72-45-46(73-51)63-34(62-45)29-31-23-24-33(61-31)32(40-66-36(38(53)55-5)37(67-40)39(54)56-6)30-35-64-47-48(65-35)75-52(74-47)50-70-43(59-27-21-17-13-9-3)44(71-50)60-28-22-18-14-10-4/h23-24,29-30H,7-22,25-28H2,1-6H3. The molecule has 408 valence electrons. The maximum atomic E-state index is 13.1. The average molecular weight is 1360 g/mol. The number of hydrogen-bond acceptors (Lipinski definition) is 23. The van der Waals surface area contributed by atoms with Crippen molar-refractivity contribution in [1.29, 1.82) is 0 Å². The number of unbranched alkanes of at least 4 members (excludes halogenated alkanes) is 12. The Labute approximate surface area is 527 Å². The van der Waals surface area contributed by atoms with Gasteiger partial charge in [-0.3, -0.25) is 0 Å². The Morgan fingerprint density at radius 1 is 0.427 bits per heavy atom. The largest absolute Gasteiger partial charge is 0.465 e. The van der Waals surface area contributed by atoms with Gasteiger partial charge in [-0.25, -0.2) is 9.59 Å². The summed E-state index contributed by atoms with van der Waals surface area (Å²) < 4.78 is 31.0. The van der Waals surface area contributed by atoms with Crippen molar-refractivity contribution in [2.24, 2.45) is 0 Å². The van der Waals surface area contributed by atoms with Crippen LogP contribution in [-0.4, -0.2) is 49.2 Å². The van der Waals surface area contributed by atoms with E-state index in [2.05, 4.69) is 99.0 Å². The lowest BCUT2D eigenvalue weighted by molar-refractivity contribution is -0.138. The van der Waals surface area contributed by atoms with E-state index >= 15 is 0 Å². The van der Waals surface area contributed by atoms with Crippen LogP contribution < -0.4 is 0 Å². The quantitative estimate of drug-likeness (QED) is 0.0564. The van der Waals surface area contributed by atoms with Gasteiger partial charge in [0.05, 0.1) is 77.8 Å². The molecule has 0 spiro atoms. The number of thiophene rings is 1. The van der Waals surface area contributed by atoms with Crippen LogP contribution in [0.1, 0.15) is 140 Å². The van der Waals surface area contributed by atoms with Crippen molar-refractivity contribution < 1.29 is 19.1 Å². The summed E-state index contributed by atoms with van der Waals surface area (Å²) in [4.78, 5) is 29.0. The van der Waals surface area contributed by atoms with E-state index in [4.69, 9.17) is 9.47 Å². The molecule has 4 nitrogen and oxygen atoms in total. The molecule has 1 aromatic heterocycles. The first kappa shape index (κ1) is 63.4. The molecule has 0 atom stereocenters. The molecule has 75 heavy (non-hydrogen) atoms. The second-order valence-corrected chi connectivity index (χ2v) is 40.8. The van der Waals surface area contributed by atoms with Gasteiger partial charge in [-0.15, -0.1) is 58.4 Å². The van der Waals surface area contributed by atoms with E-state index in [1.165, 1.54) is 228 Å². The summed E-state index contributed by atoms with van der Waals surface area (Å²) in [5.41, 5.74) is 1.00. The molecule has 0 aromatic carbocycles. The molecule has 0 unspecified atom stereocenters. The molecule has 8 heterocycles. The molecule has 1 aromatic rings. The van der Waals surface area contributed by atoms with Crippen molar-refractivity contribution in [3.8, 4) is 0 Å². The third kappa shape index (κ3) is 18.4. The molecule has 0 saturated heterocycles. The lowest BCUT2D eigenvalue weighted by Crippen LogP contribution is -2.08. The van der Waals surface area contributed by atoms with Crippen LogP contribution >= 0.6 is 223 Å². The Morgan fingerprint density at radius 2 is 0.773 bits per heavy atom. The minimum absolute atomic E-state index is 0.273. The van der Waals surface area contributed by atoms with E-state index < -0.39 is 11.9 Å². The minimum atomic E-state index is -0.528. The molecule has 0 N–H and O–H groups in total. The van der Waals surface area contributed by atoms with E-state index in [0.29, 0.717) is 0 Å².